The van der Waals surface area contributed by atoms with Crippen LogP contribution in [0.2, 0.25) is 0 Å². The zero-order valence-corrected chi connectivity index (χ0v) is 14.0. The molecule has 1 unspecified atom stereocenters. The summed E-state index contributed by atoms with van der Waals surface area (Å²) in [4.78, 5) is 28.6. The molecular formula is C16H16N4O3S. The van der Waals surface area contributed by atoms with E-state index in [9.17, 15) is 14.7 Å². The molecule has 2 aromatic rings. The molecule has 1 atom stereocenters. The van der Waals surface area contributed by atoms with Gasteiger partial charge in [0.05, 0.1) is 5.69 Å². The predicted molar refractivity (Wildman–Crippen MR) is 93.3 cm³/mol. The Kier molecular flexibility index (Phi) is 5.57. The number of carbonyl (C=O) groups is 2. The monoisotopic (exact) mass is 344 g/mol. The van der Waals surface area contributed by atoms with Gasteiger partial charge in [-0.3, -0.25) is 4.79 Å². The van der Waals surface area contributed by atoms with Crippen LogP contribution in [0, 0.1) is 0 Å². The Balaban J connectivity index is 2.53. The molecule has 0 fully saturated rings. The van der Waals surface area contributed by atoms with E-state index in [1.165, 1.54) is 11.8 Å². The standard InChI is InChI=1S/C16H16N4O3S/c1-10(9-18-19-17)20(11(2)21)13-8-14(24-15(13)16(22)23)12-6-4-3-5-7-12/h3-8,10H,9H2,1-2H3,(H,22,23). The Morgan fingerprint density at radius 2 is 2.04 bits per heavy atom. The number of nitrogens with zero attached hydrogens (tertiary/aromatic N) is 4. The summed E-state index contributed by atoms with van der Waals surface area (Å²) in [5, 5.41) is 13.0. The Morgan fingerprint density at radius 3 is 2.58 bits per heavy atom. The van der Waals surface area contributed by atoms with Crippen molar-refractivity contribution in [1.29, 1.82) is 0 Å². The first-order chi connectivity index (χ1) is 11.5. The smallest absolute Gasteiger partial charge is 0.348 e. The summed E-state index contributed by atoms with van der Waals surface area (Å²) in [6.45, 7) is 3.13. The first-order valence-corrected chi connectivity index (χ1v) is 8.00. The molecule has 0 aliphatic heterocycles. The number of carbonyl (C=O) groups excluding carboxylic acids is 1. The van der Waals surface area contributed by atoms with Gasteiger partial charge in [-0.15, -0.1) is 11.3 Å². The van der Waals surface area contributed by atoms with Crippen LogP contribution in [0.25, 0.3) is 20.9 Å². The van der Waals surface area contributed by atoms with E-state index in [0.29, 0.717) is 5.69 Å². The van der Waals surface area contributed by atoms with Crippen molar-refractivity contribution in [2.75, 3.05) is 11.4 Å². The van der Waals surface area contributed by atoms with Gasteiger partial charge in [-0.2, -0.15) is 0 Å². The highest BCUT2D eigenvalue weighted by molar-refractivity contribution is 7.18. The number of hydrogen-bond acceptors (Lipinski definition) is 4. The van der Waals surface area contributed by atoms with E-state index in [4.69, 9.17) is 5.53 Å². The first kappa shape index (κ1) is 17.5. The van der Waals surface area contributed by atoms with Crippen molar-refractivity contribution in [2.45, 2.75) is 19.9 Å². The number of hydrogen-bond donors (Lipinski definition) is 1. The molecular weight excluding hydrogens is 328 g/mol. The van der Waals surface area contributed by atoms with Crippen LogP contribution < -0.4 is 4.90 Å². The number of carboxylic acid groups (broad SMARTS) is 1. The highest BCUT2D eigenvalue weighted by Gasteiger charge is 2.26. The first-order valence-electron chi connectivity index (χ1n) is 7.19. The highest BCUT2D eigenvalue weighted by atomic mass is 32.1. The molecule has 2 rings (SSSR count). The average Bonchev–Trinajstić information content (AvgIpc) is 2.98. The molecule has 7 nitrogen and oxygen atoms in total. The second-order valence-corrected chi connectivity index (χ2v) is 6.20. The number of azide groups is 1. The summed E-state index contributed by atoms with van der Waals surface area (Å²) in [6, 6.07) is 10.6. The molecule has 8 heteroatoms. The van der Waals surface area contributed by atoms with Crippen molar-refractivity contribution in [3.63, 3.8) is 0 Å². The van der Waals surface area contributed by atoms with Gasteiger partial charge < -0.3 is 10.0 Å². The number of aromatic carboxylic acids is 1. The quantitative estimate of drug-likeness (QED) is 0.483. The van der Waals surface area contributed by atoms with Gasteiger partial charge in [-0.05, 0) is 24.1 Å². The molecule has 1 N–H and O–H groups in total. The van der Waals surface area contributed by atoms with E-state index in [0.717, 1.165) is 21.8 Å². The van der Waals surface area contributed by atoms with Crippen molar-refractivity contribution < 1.29 is 14.7 Å². The molecule has 0 saturated heterocycles. The van der Waals surface area contributed by atoms with Gasteiger partial charge in [0, 0.05) is 29.3 Å². The van der Waals surface area contributed by atoms with Gasteiger partial charge in [0.15, 0.2) is 0 Å². The van der Waals surface area contributed by atoms with E-state index in [2.05, 4.69) is 10.0 Å². The minimum atomic E-state index is -1.10. The molecule has 0 spiro atoms. The molecule has 0 aliphatic carbocycles. The summed E-state index contributed by atoms with van der Waals surface area (Å²) < 4.78 is 0. The van der Waals surface area contributed by atoms with E-state index in [-0.39, 0.29) is 17.3 Å². The van der Waals surface area contributed by atoms with Crippen molar-refractivity contribution in [1.82, 2.24) is 0 Å². The minimum Gasteiger partial charge on any atom is -0.477 e. The second kappa shape index (κ2) is 7.63. The average molecular weight is 344 g/mol. The van der Waals surface area contributed by atoms with E-state index in [1.54, 1.807) is 13.0 Å². The van der Waals surface area contributed by atoms with Gasteiger partial charge in [-0.25, -0.2) is 4.79 Å². The fourth-order valence-electron chi connectivity index (χ4n) is 2.41. The summed E-state index contributed by atoms with van der Waals surface area (Å²) in [6.07, 6.45) is 0. The number of amides is 1. The molecule has 24 heavy (non-hydrogen) atoms. The lowest BCUT2D eigenvalue weighted by molar-refractivity contribution is -0.116. The zero-order chi connectivity index (χ0) is 17.7. The van der Waals surface area contributed by atoms with Gasteiger partial charge in [0.2, 0.25) is 5.91 Å². The third kappa shape index (κ3) is 3.73. The van der Waals surface area contributed by atoms with Crippen LogP contribution in [0.1, 0.15) is 23.5 Å². The summed E-state index contributed by atoms with van der Waals surface area (Å²) in [7, 11) is 0. The number of benzene rings is 1. The molecule has 1 amide bonds. The van der Waals surface area contributed by atoms with Crippen LogP contribution in [0.3, 0.4) is 0 Å². The fraction of sp³-hybridized carbons (Fsp3) is 0.250. The molecule has 0 radical (unpaired) electrons. The van der Waals surface area contributed by atoms with Crippen molar-refractivity contribution in [2.24, 2.45) is 5.11 Å². The predicted octanol–water partition coefficient (Wildman–Crippen LogP) is 4.17. The van der Waals surface area contributed by atoms with Gasteiger partial charge in [0.25, 0.3) is 0 Å². The summed E-state index contributed by atoms with van der Waals surface area (Å²) in [5.74, 6) is -1.41. The van der Waals surface area contributed by atoms with Gasteiger partial charge >= 0.3 is 5.97 Å². The van der Waals surface area contributed by atoms with Crippen LogP contribution in [0.4, 0.5) is 5.69 Å². The molecule has 1 aromatic carbocycles. The Hall–Kier alpha value is -2.83. The summed E-state index contributed by atoms with van der Waals surface area (Å²) >= 11 is 1.11. The Bertz CT molecular complexity index is 797. The number of thiophene rings is 1. The Labute approximate surface area is 142 Å². The lowest BCUT2D eigenvalue weighted by atomic mass is 10.1. The minimum absolute atomic E-state index is 0.0612. The molecule has 124 valence electrons. The van der Waals surface area contributed by atoms with E-state index >= 15 is 0 Å². The maximum atomic E-state index is 12.1. The maximum Gasteiger partial charge on any atom is 0.348 e. The van der Waals surface area contributed by atoms with Gasteiger partial charge in [-0.1, -0.05) is 35.4 Å². The van der Waals surface area contributed by atoms with Crippen molar-refractivity contribution in [3.05, 3.63) is 51.7 Å². The van der Waals surface area contributed by atoms with Gasteiger partial charge in [0.1, 0.15) is 4.88 Å². The topological polar surface area (TPSA) is 106 Å². The number of rotatable bonds is 6. The molecule has 0 bridgehead atoms. The highest BCUT2D eigenvalue weighted by Crippen LogP contribution is 2.37. The van der Waals surface area contributed by atoms with E-state index in [1.807, 2.05) is 30.3 Å². The zero-order valence-electron chi connectivity index (χ0n) is 13.2. The third-order valence-electron chi connectivity index (χ3n) is 3.41. The lowest BCUT2D eigenvalue weighted by Crippen LogP contribution is -2.39. The SMILES string of the molecule is CC(=O)N(c1cc(-c2ccccc2)sc1C(=O)O)C(C)CN=[N+]=[N-]. The molecule has 1 aromatic heterocycles. The molecule has 1 heterocycles. The molecule has 0 saturated carbocycles. The summed E-state index contributed by atoms with van der Waals surface area (Å²) in [5.41, 5.74) is 9.66. The van der Waals surface area contributed by atoms with Crippen LogP contribution in [-0.4, -0.2) is 29.6 Å². The number of carboxylic acids is 1. The fourth-order valence-corrected chi connectivity index (χ4v) is 3.41. The van der Waals surface area contributed by atoms with E-state index < -0.39 is 12.0 Å². The van der Waals surface area contributed by atoms with Crippen LogP contribution in [-0.2, 0) is 4.79 Å². The van der Waals surface area contributed by atoms with Crippen LogP contribution in [0.5, 0.6) is 0 Å². The number of anilines is 1. The third-order valence-corrected chi connectivity index (χ3v) is 4.58. The second-order valence-electron chi connectivity index (χ2n) is 5.15. The molecule has 0 aliphatic rings. The van der Waals surface area contributed by atoms with Crippen molar-refractivity contribution in [3.8, 4) is 10.4 Å². The van der Waals surface area contributed by atoms with Crippen molar-refractivity contribution >= 4 is 28.9 Å². The Morgan fingerprint density at radius 1 is 1.38 bits per heavy atom. The van der Waals surface area contributed by atoms with Crippen LogP contribution >= 0.6 is 11.3 Å². The van der Waals surface area contributed by atoms with Crippen LogP contribution in [0.15, 0.2) is 41.5 Å². The largest absolute Gasteiger partial charge is 0.477 e. The lowest BCUT2D eigenvalue weighted by Gasteiger charge is -2.26. The normalized spacial score (nSPS) is 11.4. The maximum absolute atomic E-state index is 12.1.